The number of hydrogen-bond acceptors (Lipinski definition) is 4. The summed E-state index contributed by atoms with van der Waals surface area (Å²) in [6, 6.07) is 10.9. The average Bonchev–Trinajstić information content (AvgIpc) is 2.58. The molecule has 1 fully saturated rings. The summed E-state index contributed by atoms with van der Waals surface area (Å²) >= 11 is 8.25. The van der Waals surface area contributed by atoms with Crippen molar-refractivity contribution < 1.29 is 9.53 Å². The molecule has 2 aromatic rings. The maximum Gasteiger partial charge on any atom is 0.257 e. The Morgan fingerprint density at radius 2 is 1.96 bits per heavy atom. The number of carbonyl (C=O) groups is 1. The fourth-order valence-corrected chi connectivity index (χ4v) is 3.29. The molecule has 0 aromatic heterocycles. The summed E-state index contributed by atoms with van der Waals surface area (Å²) < 4.78 is 6.30. The first kappa shape index (κ1) is 17.3. The largest absolute Gasteiger partial charge is 0.397 e. The Hall–Kier alpha value is -1.51. The van der Waals surface area contributed by atoms with Gasteiger partial charge < -0.3 is 20.7 Å². The molecule has 3 N–H and O–H groups in total. The molecule has 126 valence electrons. The number of nitrogens with two attached hydrogens (primary N) is 1. The van der Waals surface area contributed by atoms with E-state index >= 15 is 0 Å². The summed E-state index contributed by atoms with van der Waals surface area (Å²) in [5.74, 6) is -0.253. The van der Waals surface area contributed by atoms with Crippen molar-refractivity contribution in [1.29, 1.82) is 0 Å². The first-order valence-corrected chi connectivity index (χ1v) is 8.99. The molecule has 1 amide bonds. The molecule has 2 aromatic carbocycles. The lowest BCUT2D eigenvalue weighted by Gasteiger charge is -2.30. The maximum atomic E-state index is 12.4. The van der Waals surface area contributed by atoms with E-state index in [1.54, 1.807) is 18.2 Å². The van der Waals surface area contributed by atoms with Gasteiger partial charge in [-0.2, -0.15) is 0 Å². The molecule has 1 saturated heterocycles. The number of anilines is 3. The lowest BCUT2D eigenvalue weighted by atomic mass is 10.2. The summed E-state index contributed by atoms with van der Waals surface area (Å²) in [7, 11) is 0. The van der Waals surface area contributed by atoms with Gasteiger partial charge in [0.1, 0.15) is 0 Å². The first-order chi connectivity index (χ1) is 11.5. The summed E-state index contributed by atoms with van der Waals surface area (Å²) in [5.41, 5.74) is 8.84. The normalized spacial score (nSPS) is 14.5. The van der Waals surface area contributed by atoms with Gasteiger partial charge in [0.15, 0.2) is 0 Å². The van der Waals surface area contributed by atoms with E-state index in [-0.39, 0.29) is 5.91 Å². The number of nitrogen functional groups attached to an aromatic ring is 1. The Morgan fingerprint density at radius 1 is 1.21 bits per heavy atom. The van der Waals surface area contributed by atoms with E-state index < -0.39 is 0 Å². The molecule has 0 unspecified atom stereocenters. The highest BCUT2D eigenvalue weighted by molar-refractivity contribution is 14.1. The van der Waals surface area contributed by atoms with Crippen molar-refractivity contribution in [3.63, 3.8) is 0 Å². The molecule has 0 spiro atoms. The highest BCUT2D eigenvalue weighted by atomic mass is 127. The summed E-state index contributed by atoms with van der Waals surface area (Å²) in [5, 5.41) is 3.27. The molecule has 5 nitrogen and oxygen atoms in total. The van der Waals surface area contributed by atoms with Crippen molar-refractivity contribution >= 4 is 57.2 Å². The Bertz CT molecular complexity index is 763. The molecule has 0 aliphatic carbocycles. The molecule has 0 saturated carbocycles. The van der Waals surface area contributed by atoms with Gasteiger partial charge in [0.05, 0.1) is 35.2 Å². The van der Waals surface area contributed by atoms with E-state index in [0.717, 1.165) is 22.3 Å². The van der Waals surface area contributed by atoms with Crippen LogP contribution in [0.15, 0.2) is 36.4 Å². The van der Waals surface area contributed by atoms with Gasteiger partial charge in [-0.1, -0.05) is 11.6 Å². The Kier molecular flexibility index (Phi) is 5.47. The molecule has 24 heavy (non-hydrogen) atoms. The van der Waals surface area contributed by atoms with Crippen molar-refractivity contribution in [2.24, 2.45) is 0 Å². The lowest BCUT2D eigenvalue weighted by Crippen LogP contribution is -2.36. The highest BCUT2D eigenvalue weighted by Gasteiger charge is 2.15. The Labute approximate surface area is 159 Å². The van der Waals surface area contributed by atoms with Crippen LogP contribution in [0, 0.1) is 3.57 Å². The predicted octanol–water partition coefficient (Wildman–Crippen LogP) is 3.62. The van der Waals surface area contributed by atoms with E-state index in [1.165, 1.54) is 0 Å². The maximum absolute atomic E-state index is 12.4. The summed E-state index contributed by atoms with van der Waals surface area (Å²) in [4.78, 5) is 14.6. The zero-order chi connectivity index (χ0) is 17.1. The zero-order valence-electron chi connectivity index (χ0n) is 12.9. The molecule has 0 atom stereocenters. The summed E-state index contributed by atoms with van der Waals surface area (Å²) in [6.07, 6.45) is 0. The van der Waals surface area contributed by atoms with E-state index in [4.69, 9.17) is 22.1 Å². The van der Waals surface area contributed by atoms with E-state index in [0.29, 0.717) is 35.2 Å². The second-order valence-electron chi connectivity index (χ2n) is 5.45. The van der Waals surface area contributed by atoms with Gasteiger partial charge in [-0.05, 0) is 59.0 Å². The molecule has 0 radical (unpaired) electrons. The number of benzene rings is 2. The molecule has 7 heteroatoms. The number of halogens is 2. The van der Waals surface area contributed by atoms with Crippen molar-refractivity contribution in [2.75, 3.05) is 42.3 Å². The molecule has 1 heterocycles. The number of nitrogens with zero attached hydrogens (tertiary/aromatic N) is 1. The van der Waals surface area contributed by atoms with Crippen LogP contribution < -0.4 is 16.0 Å². The van der Waals surface area contributed by atoms with Gasteiger partial charge >= 0.3 is 0 Å². The minimum absolute atomic E-state index is 0.253. The monoisotopic (exact) mass is 457 g/mol. The van der Waals surface area contributed by atoms with Crippen molar-refractivity contribution in [2.45, 2.75) is 0 Å². The topological polar surface area (TPSA) is 67.6 Å². The van der Waals surface area contributed by atoms with Gasteiger partial charge in [0.25, 0.3) is 5.91 Å². The zero-order valence-corrected chi connectivity index (χ0v) is 15.8. The van der Waals surface area contributed by atoms with Crippen LogP contribution in [0.4, 0.5) is 17.1 Å². The first-order valence-electron chi connectivity index (χ1n) is 7.53. The van der Waals surface area contributed by atoms with Crippen molar-refractivity contribution in [3.05, 3.63) is 50.6 Å². The number of rotatable bonds is 3. The molecular formula is C17H17ClIN3O2. The van der Waals surface area contributed by atoms with Crippen LogP contribution >= 0.6 is 34.2 Å². The minimum Gasteiger partial charge on any atom is -0.397 e. The van der Waals surface area contributed by atoms with Crippen LogP contribution in [-0.2, 0) is 4.74 Å². The SMILES string of the molecule is Nc1cc(NC(=O)c2cc(I)ccc2Cl)ccc1N1CCOCC1. The van der Waals surface area contributed by atoms with Crippen LogP contribution in [0.3, 0.4) is 0 Å². The smallest absolute Gasteiger partial charge is 0.257 e. The predicted molar refractivity (Wildman–Crippen MR) is 106 cm³/mol. The van der Waals surface area contributed by atoms with Gasteiger partial charge in [-0.25, -0.2) is 0 Å². The highest BCUT2D eigenvalue weighted by Crippen LogP contribution is 2.28. The Morgan fingerprint density at radius 3 is 2.67 bits per heavy atom. The number of morpholine rings is 1. The van der Waals surface area contributed by atoms with E-state index in [9.17, 15) is 4.79 Å². The fraction of sp³-hybridized carbons (Fsp3) is 0.235. The van der Waals surface area contributed by atoms with Crippen LogP contribution in [0.2, 0.25) is 5.02 Å². The third kappa shape index (κ3) is 3.93. The van der Waals surface area contributed by atoms with Crippen molar-refractivity contribution in [1.82, 2.24) is 0 Å². The number of carbonyl (C=O) groups excluding carboxylic acids is 1. The second kappa shape index (κ2) is 7.58. The van der Waals surface area contributed by atoms with Crippen LogP contribution in [0.1, 0.15) is 10.4 Å². The third-order valence-corrected chi connectivity index (χ3v) is 4.81. The number of hydrogen-bond donors (Lipinski definition) is 2. The van der Waals surface area contributed by atoms with Gasteiger partial charge in [-0.15, -0.1) is 0 Å². The second-order valence-corrected chi connectivity index (χ2v) is 7.10. The minimum atomic E-state index is -0.253. The van der Waals surface area contributed by atoms with Gasteiger partial charge in [0.2, 0.25) is 0 Å². The van der Waals surface area contributed by atoms with Crippen LogP contribution in [-0.4, -0.2) is 32.2 Å². The van der Waals surface area contributed by atoms with Crippen molar-refractivity contribution in [3.8, 4) is 0 Å². The van der Waals surface area contributed by atoms with E-state index in [1.807, 2.05) is 18.2 Å². The number of amides is 1. The van der Waals surface area contributed by atoms with E-state index in [2.05, 4.69) is 32.8 Å². The quantitative estimate of drug-likeness (QED) is 0.546. The number of ether oxygens (including phenoxy) is 1. The van der Waals surface area contributed by atoms with Gasteiger partial charge in [-0.3, -0.25) is 4.79 Å². The summed E-state index contributed by atoms with van der Waals surface area (Å²) in [6.45, 7) is 3.02. The van der Waals surface area contributed by atoms with Crippen LogP contribution in [0.5, 0.6) is 0 Å². The lowest BCUT2D eigenvalue weighted by molar-refractivity contribution is 0.102. The molecule has 1 aliphatic heterocycles. The fourth-order valence-electron chi connectivity index (χ4n) is 2.59. The molecular weight excluding hydrogens is 441 g/mol. The van der Waals surface area contributed by atoms with Crippen LogP contribution in [0.25, 0.3) is 0 Å². The molecule has 1 aliphatic rings. The molecule has 0 bridgehead atoms. The average molecular weight is 458 g/mol. The molecule has 3 rings (SSSR count). The van der Waals surface area contributed by atoms with Gasteiger partial charge in [0, 0.05) is 22.3 Å². The standard InChI is InChI=1S/C17H17ClIN3O2/c18-14-3-1-11(19)9-13(14)17(23)21-12-2-4-16(15(20)10-12)22-5-7-24-8-6-22/h1-4,9-10H,5-8,20H2,(H,21,23). The number of nitrogens with one attached hydrogen (secondary N) is 1. The third-order valence-electron chi connectivity index (χ3n) is 3.81. The Balaban J connectivity index is 1.77.